The number of nitrogens with one attached hydrogen (secondary N) is 2. The number of hydrogen-bond acceptors (Lipinski definition) is 6. The van der Waals surface area contributed by atoms with Crippen LogP contribution in [0.5, 0.6) is 0 Å². The molecule has 0 spiro atoms. The number of hydrogen-bond donors (Lipinski definition) is 2. The standard InChI is InChI=1S/C20H23N3O6/c1-11(24)13-5-4-6-15(9-13)21-17(26)12(2)29-16(25)10-23-18(27)20(3,14-7-8-14)22-19(23)28/h4-6,9,12,14H,7-8,10H2,1-3H3,(H,21,26)(H,22,28)/t12-,20+/m0/s1. The van der Waals surface area contributed by atoms with Crippen molar-refractivity contribution < 1.29 is 28.7 Å². The highest BCUT2D eigenvalue weighted by atomic mass is 16.5. The van der Waals surface area contributed by atoms with Gasteiger partial charge in [0.05, 0.1) is 0 Å². The maximum absolute atomic E-state index is 12.5. The van der Waals surface area contributed by atoms with E-state index < -0.39 is 42.0 Å². The number of carbonyl (C=O) groups is 5. The number of ketones is 1. The Kier molecular flexibility index (Phi) is 5.41. The molecule has 2 N–H and O–H groups in total. The Morgan fingerprint density at radius 2 is 2.00 bits per heavy atom. The molecule has 1 aliphatic carbocycles. The van der Waals surface area contributed by atoms with E-state index in [9.17, 15) is 24.0 Å². The molecule has 1 aliphatic heterocycles. The first-order valence-electron chi connectivity index (χ1n) is 9.37. The van der Waals surface area contributed by atoms with Crippen LogP contribution < -0.4 is 10.6 Å². The van der Waals surface area contributed by atoms with E-state index in [4.69, 9.17) is 4.74 Å². The van der Waals surface area contributed by atoms with Crippen LogP contribution in [0.15, 0.2) is 24.3 Å². The summed E-state index contributed by atoms with van der Waals surface area (Å²) < 4.78 is 5.07. The summed E-state index contributed by atoms with van der Waals surface area (Å²) in [5.74, 6) is -1.99. The van der Waals surface area contributed by atoms with Crippen molar-refractivity contribution in [2.24, 2.45) is 5.92 Å². The van der Waals surface area contributed by atoms with Crippen LogP contribution in [0, 0.1) is 5.92 Å². The normalized spacial score (nSPS) is 22.1. The number of benzene rings is 1. The van der Waals surface area contributed by atoms with Gasteiger partial charge in [-0.1, -0.05) is 12.1 Å². The quantitative estimate of drug-likeness (QED) is 0.405. The van der Waals surface area contributed by atoms with Crippen LogP contribution in [-0.4, -0.2) is 52.7 Å². The Balaban J connectivity index is 1.55. The lowest BCUT2D eigenvalue weighted by atomic mass is 9.96. The third-order valence-corrected chi connectivity index (χ3v) is 5.20. The summed E-state index contributed by atoms with van der Waals surface area (Å²) in [6, 6.07) is 5.72. The molecule has 2 fully saturated rings. The fourth-order valence-corrected chi connectivity index (χ4v) is 3.27. The van der Waals surface area contributed by atoms with Crippen molar-refractivity contribution in [1.29, 1.82) is 0 Å². The second-order valence-corrected chi connectivity index (χ2v) is 7.56. The van der Waals surface area contributed by atoms with Crippen molar-refractivity contribution in [3.8, 4) is 0 Å². The fourth-order valence-electron chi connectivity index (χ4n) is 3.27. The minimum atomic E-state index is -1.15. The summed E-state index contributed by atoms with van der Waals surface area (Å²) in [6.07, 6.45) is 0.546. The molecule has 0 unspecified atom stereocenters. The molecule has 3 rings (SSSR count). The van der Waals surface area contributed by atoms with Gasteiger partial charge < -0.3 is 15.4 Å². The smallest absolute Gasteiger partial charge is 0.327 e. The Morgan fingerprint density at radius 1 is 1.31 bits per heavy atom. The fraction of sp³-hybridized carbons (Fsp3) is 0.450. The minimum Gasteiger partial charge on any atom is -0.451 e. The lowest BCUT2D eigenvalue weighted by Gasteiger charge is -2.21. The maximum Gasteiger partial charge on any atom is 0.327 e. The lowest BCUT2D eigenvalue weighted by molar-refractivity contribution is -0.155. The number of imide groups is 1. The Bertz CT molecular complexity index is 894. The van der Waals surface area contributed by atoms with E-state index in [1.54, 1.807) is 25.1 Å². The zero-order chi connectivity index (χ0) is 21.3. The predicted octanol–water partition coefficient (Wildman–Crippen LogP) is 1.48. The number of urea groups is 1. The summed E-state index contributed by atoms with van der Waals surface area (Å²) in [6.45, 7) is 3.88. The highest BCUT2D eigenvalue weighted by molar-refractivity contribution is 6.09. The molecule has 1 aromatic carbocycles. The van der Waals surface area contributed by atoms with E-state index in [0.717, 1.165) is 17.7 Å². The van der Waals surface area contributed by atoms with Gasteiger partial charge in [-0.25, -0.2) is 4.79 Å². The molecule has 1 aromatic rings. The summed E-state index contributed by atoms with van der Waals surface area (Å²) in [7, 11) is 0. The summed E-state index contributed by atoms with van der Waals surface area (Å²) >= 11 is 0. The van der Waals surface area contributed by atoms with Crippen LogP contribution in [0.25, 0.3) is 0 Å². The molecule has 2 atom stereocenters. The molecule has 154 valence electrons. The zero-order valence-electron chi connectivity index (χ0n) is 16.5. The van der Waals surface area contributed by atoms with Crippen LogP contribution in [0.1, 0.15) is 44.0 Å². The SMILES string of the molecule is CC(=O)c1cccc(NC(=O)[C@H](C)OC(=O)CN2C(=O)N[C@](C)(C3CC3)C2=O)c1. The number of rotatable bonds is 7. The van der Waals surface area contributed by atoms with Crippen molar-refractivity contribution in [3.05, 3.63) is 29.8 Å². The zero-order valence-corrected chi connectivity index (χ0v) is 16.5. The Hall–Kier alpha value is -3.23. The summed E-state index contributed by atoms with van der Waals surface area (Å²) in [5, 5.41) is 5.20. The van der Waals surface area contributed by atoms with Crippen molar-refractivity contribution in [3.63, 3.8) is 0 Å². The van der Waals surface area contributed by atoms with Crippen molar-refractivity contribution in [2.75, 3.05) is 11.9 Å². The lowest BCUT2D eigenvalue weighted by Crippen LogP contribution is -2.46. The molecule has 1 heterocycles. The topological polar surface area (TPSA) is 122 Å². The largest absolute Gasteiger partial charge is 0.451 e. The number of carbonyl (C=O) groups excluding carboxylic acids is 5. The van der Waals surface area contributed by atoms with Gasteiger partial charge in [-0.15, -0.1) is 0 Å². The first kappa shape index (κ1) is 20.5. The number of esters is 1. The monoisotopic (exact) mass is 401 g/mol. The average molecular weight is 401 g/mol. The van der Waals surface area contributed by atoms with Crippen LogP contribution in [0.4, 0.5) is 10.5 Å². The highest BCUT2D eigenvalue weighted by Gasteiger charge is 2.56. The van der Waals surface area contributed by atoms with Gasteiger partial charge in [-0.05, 0) is 51.7 Å². The van der Waals surface area contributed by atoms with Crippen LogP contribution in [-0.2, 0) is 19.1 Å². The van der Waals surface area contributed by atoms with Gasteiger partial charge in [0.1, 0.15) is 12.1 Å². The third-order valence-electron chi connectivity index (χ3n) is 5.20. The Morgan fingerprint density at radius 3 is 2.62 bits per heavy atom. The van der Waals surface area contributed by atoms with E-state index in [2.05, 4.69) is 10.6 Å². The van der Waals surface area contributed by atoms with E-state index in [-0.39, 0.29) is 11.7 Å². The molecule has 2 aliphatic rings. The highest BCUT2D eigenvalue weighted by Crippen LogP contribution is 2.42. The third kappa shape index (κ3) is 4.28. The van der Waals surface area contributed by atoms with Crippen molar-refractivity contribution in [2.45, 2.75) is 45.3 Å². The maximum atomic E-state index is 12.5. The van der Waals surface area contributed by atoms with Gasteiger partial charge in [0.25, 0.3) is 11.8 Å². The van der Waals surface area contributed by atoms with Gasteiger partial charge in [-0.3, -0.25) is 24.1 Å². The predicted molar refractivity (Wildman–Crippen MR) is 102 cm³/mol. The minimum absolute atomic E-state index is 0.0791. The first-order valence-corrected chi connectivity index (χ1v) is 9.37. The second-order valence-electron chi connectivity index (χ2n) is 7.56. The molecule has 29 heavy (non-hydrogen) atoms. The van der Waals surface area contributed by atoms with E-state index in [0.29, 0.717) is 11.3 Å². The molecule has 9 heteroatoms. The van der Waals surface area contributed by atoms with Crippen molar-refractivity contribution >= 4 is 35.3 Å². The van der Waals surface area contributed by atoms with Gasteiger partial charge >= 0.3 is 12.0 Å². The number of Topliss-reactive ketones (excluding diaryl/α,β-unsaturated/α-hetero) is 1. The molecular weight excluding hydrogens is 378 g/mol. The van der Waals surface area contributed by atoms with Gasteiger partial charge in [-0.2, -0.15) is 0 Å². The van der Waals surface area contributed by atoms with Gasteiger partial charge in [0.15, 0.2) is 11.9 Å². The number of amides is 4. The average Bonchev–Trinajstić information content (AvgIpc) is 3.48. The molecule has 1 saturated carbocycles. The molecule has 0 aromatic heterocycles. The molecular formula is C20H23N3O6. The van der Waals surface area contributed by atoms with Crippen LogP contribution in [0.3, 0.4) is 0 Å². The number of anilines is 1. The molecule has 0 bridgehead atoms. The Labute approximate surface area is 167 Å². The molecule has 0 radical (unpaired) electrons. The molecule has 1 saturated heterocycles. The van der Waals surface area contributed by atoms with Crippen molar-refractivity contribution in [1.82, 2.24) is 10.2 Å². The van der Waals surface area contributed by atoms with Crippen LogP contribution >= 0.6 is 0 Å². The first-order chi connectivity index (χ1) is 13.6. The second kappa shape index (κ2) is 7.65. The van der Waals surface area contributed by atoms with E-state index in [1.807, 2.05) is 0 Å². The molecule has 9 nitrogen and oxygen atoms in total. The number of ether oxygens (including phenoxy) is 1. The number of nitrogens with zero attached hydrogens (tertiary/aromatic N) is 1. The summed E-state index contributed by atoms with van der Waals surface area (Å²) in [4.78, 5) is 61.3. The van der Waals surface area contributed by atoms with Gasteiger partial charge in [0.2, 0.25) is 0 Å². The van der Waals surface area contributed by atoms with E-state index >= 15 is 0 Å². The van der Waals surface area contributed by atoms with Crippen LogP contribution in [0.2, 0.25) is 0 Å². The van der Waals surface area contributed by atoms with Gasteiger partial charge in [0, 0.05) is 11.3 Å². The molecule has 4 amide bonds. The van der Waals surface area contributed by atoms with E-state index in [1.165, 1.54) is 19.9 Å². The summed E-state index contributed by atoms with van der Waals surface area (Å²) in [5.41, 5.74) is -0.160.